The molecule has 1 aliphatic rings. The van der Waals surface area contributed by atoms with E-state index >= 15 is 0 Å². The van der Waals surface area contributed by atoms with Crippen LogP contribution in [0, 0.1) is 0 Å². The maximum absolute atomic E-state index is 10.8. The number of carboxylic acids is 1. The van der Waals surface area contributed by atoms with Crippen molar-refractivity contribution in [3.8, 4) is 10.6 Å². The summed E-state index contributed by atoms with van der Waals surface area (Å²) in [4.78, 5) is 16.6. The lowest BCUT2D eigenvalue weighted by Gasteiger charge is -2.17. The van der Waals surface area contributed by atoms with Gasteiger partial charge in [0.2, 0.25) is 0 Å². The Bertz CT molecular complexity index is 646. The first-order chi connectivity index (χ1) is 10.7. The molecule has 0 unspecified atom stereocenters. The van der Waals surface area contributed by atoms with Gasteiger partial charge in [0.05, 0.1) is 24.8 Å². The van der Waals surface area contributed by atoms with E-state index in [9.17, 15) is 9.90 Å². The summed E-state index contributed by atoms with van der Waals surface area (Å²) in [6.07, 6.45) is 5.34. The third-order valence-corrected chi connectivity index (χ3v) is 5.04. The number of carbonyl (C=O) groups is 1. The molecule has 0 bridgehead atoms. The largest absolute Gasteiger partial charge is 0.543 e. The van der Waals surface area contributed by atoms with Crippen molar-refractivity contribution in [2.24, 2.45) is 0 Å². The van der Waals surface area contributed by atoms with Crippen molar-refractivity contribution in [2.45, 2.75) is 32.2 Å². The standard InChI is InChI=1S/C17H20N2O2S/c20-17(21)15-12-22-16(18-15)14-7-5-6-13(10-14)11-19-8-3-1-2-4-9-19/h5-7,10,12H,1-4,8-9,11H2,(H,20,21). The molecule has 0 aliphatic carbocycles. The number of likely N-dealkylation sites (tertiary alicyclic amines) is 1. The van der Waals surface area contributed by atoms with Gasteiger partial charge in [-0.2, -0.15) is 0 Å². The lowest BCUT2D eigenvalue weighted by atomic mass is 10.1. The molecule has 0 radical (unpaired) electrons. The molecule has 2 aromatic rings. The van der Waals surface area contributed by atoms with Crippen molar-refractivity contribution in [2.75, 3.05) is 13.1 Å². The molecule has 22 heavy (non-hydrogen) atoms. The Morgan fingerprint density at radius 3 is 2.68 bits per heavy atom. The minimum atomic E-state index is -1.22. The van der Waals surface area contributed by atoms with Crippen molar-refractivity contribution in [3.05, 3.63) is 40.9 Å². The van der Waals surface area contributed by atoms with Crippen LogP contribution in [0.25, 0.3) is 10.6 Å². The van der Waals surface area contributed by atoms with Gasteiger partial charge < -0.3 is 14.8 Å². The Balaban J connectivity index is 1.75. The van der Waals surface area contributed by atoms with E-state index in [0.29, 0.717) is 0 Å². The van der Waals surface area contributed by atoms with Crippen molar-refractivity contribution in [3.63, 3.8) is 0 Å². The van der Waals surface area contributed by atoms with Crippen LogP contribution in [0.3, 0.4) is 0 Å². The lowest BCUT2D eigenvalue weighted by molar-refractivity contribution is -0.913. The molecule has 0 atom stereocenters. The number of rotatable bonds is 4. The molecule has 0 saturated carbocycles. The third kappa shape index (κ3) is 3.72. The molecule has 116 valence electrons. The maximum Gasteiger partial charge on any atom is 0.124 e. The molecular weight excluding hydrogens is 296 g/mol. The summed E-state index contributed by atoms with van der Waals surface area (Å²) < 4.78 is 0. The molecule has 1 aliphatic heterocycles. The predicted molar refractivity (Wildman–Crippen MR) is 84.7 cm³/mol. The molecule has 1 saturated heterocycles. The highest BCUT2D eigenvalue weighted by atomic mass is 32.1. The summed E-state index contributed by atoms with van der Waals surface area (Å²) in [6, 6.07) is 8.30. The Morgan fingerprint density at radius 2 is 2.00 bits per heavy atom. The molecule has 5 heteroatoms. The van der Waals surface area contributed by atoms with Crippen molar-refractivity contribution < 1.29 is 14.8 Å². The van der Waals surface area contributed by atoms with Crippen molar-refractivity contribution in [1.82, 2.24) is 4.98 Å². The molecule has 3 rings (SSSR count). The van der Waals surface area contributed by atoms with Crippen LogP contribution in [0.15, 0.2) is 29.6 Å². The Kier molecular flexibility index (Phi) is 4.85. The lowest BCUT2D eigenvalue weighted by Crippen LogP contribution is -3.10. The highest BCUT2D eigenvalue weighted by Crippen LogP contribution is 2.24. The van der Waals surface area contributed by atoms with Crippen LogP contribution in [0.2, 0.25) is 0 Å². The summed E-state index contributed by atoms with van der Waals surface area (Å²) in [6.45, 7) is 3.53. The fourth-order valence-electron chi connectivity index (χ4n) is 3.01. The van der Waals surface area contributed by atoms with E-state index in [1.54, 1.807) is 4.90 Å². The quantitative estimate of drug-likeness (QED) is 0.920. The second-order valence-electron chi connectivity index (χ2n) is 5.87. The zero-order chi connectivity index (χ0) is 15.4. The number of hydrogen-bond donors (Lipinski definition) is 1. The summed E-state index contributed by atoms with van der Waals surface area (Å²) in [7, 11) is 0. The first kappa shape index (κ1) is 15.2. The molecule has 0 amide bonds. The van der Waals surface area contributed by atoms with E-state index in [4.69, 9.17) is 0 Å². The third-order valence-electron chi connectivity index (χ3n) is 4.15. The van der Waals surface area contributed by atoms with Gasteiger partial charge in [0.1, 0.15) is 11.6 Å². The Morgan fingerprint density at radius 1 is 1.23 bits per heavy atom. The number of aromatic carboxylic acids is 1. The van der Waals surface area contributed by atoms with E-state index in [1.165, 1.54) is 61.1 Å². The zero-order valence-electron chi connectivity index (χ0n) is 12.5. The zero-order valence-corrected chi connectivity index (χ0v) is 13.3. The number of thiazole rings is 1. The molecule has 1 N–H and O–H groups in total. The van der Waals surface area contributed by atoms with Gasteiger partial charge in [0, 0.05) is 16.5 Å². The van der Waals surface area contributed by atoms with E-state index < -0.39 is 5.97 Å². The summed E-state index contributed by atoms with van der Waals surface area (Å²) in [5, 5.41) is 13.1. The topological polar surface area (TPSA) is 57.5 Å². The molecule has 1 aromatic heterocycles. The molecule has 4 nitrogen and oxygen atoms in total. The van der Waals surface area contributed by atoms with Gasteiger partial charge in [0.15, 0.2) is 0 Å². The first-order valence-corrected chi connectivity index (χ1v) is 8.70. The number of carbonyl (C=O) groups excluding carboxylic acids is 1. The van der Waals surface area contributed by atoms with Gasteiger partial charge in [-0.05, 0) is 31.7 Å². The van der Waals surface area contributed by atoms with Crippen molar-refractivity contribution >= 4 is 17.3 Å². The minimum Gasteiger partial charge on any atom is -0.543 e. The number of hydrogen-bond acceptors (Lipinski definition) is 4. The average Bonchev–Trinajstić information content (AvgIpc) is 2.88. The van der Waals surface area contributed by atoms with Crippen molar-refractivity contribution in [1.29, 1.82) is 0 Å². The van der Waals surface area contributed by atoms with Crippen LogP contribution in [0.5, 0.6) is 0 Å². The molecule has 1 fully saturated rings. The molecule has 0 spiro atoms. The minimum absolute atomic E-state index is 0.0172. The number of nitrogens with one attached hydrogen (secondary N) is 1. The highest BCUT2D eigenvalue weighted by Gasteiger charge is 2.13. The van der Waals surface area contributed by atoms with Gasteiger partial charge in [0.25, 0.3) is 0 Å². The molecule has 2 heterocycles. The summed E-state index contributed by atoms with van der Waals surface area (Å²) in [5.74, 6) is -1.22. The molecule has 1 aromatic carbocycles. The summed E-state index contributed by atoms with van der Waals surface area (Å²) >= 11 is 1.35. The van der Waals surface area contributed by atoms with Crippen LogP contribution in [-0.4, -0.2) is 24.0 Å². The van der Waals surface area contributed by atoms with Gasteiger partial charge in [-0.1, -0.05) is 18.2 Å². The smallest absolute Gasteiger partial charge is 0.124 e. The van der Waals surface area contributed by atoms with Gasteiger partial charge in [-0.25, -0.2) is 4.98 Å². The Labute approximate surface area is 134 Å². The fourth-order valence-corrected chi connectivity index (χ4v) is 3.79. The molecular formula is C17H20N2O2S. The van der Waals surface area contributed by atoms with E-state index in [1.807, 2.05) is 12.1 Å². The predicted octanol–water partition coefficient (Wildman–Crippen LogP) is 1.13. The fraction of sp³-hybridized carbons (Fsp3) is 0.412. The highest BCUT2D eigenvalue weighted by molar-refractivity contribution is 7.13. The number of quaternary nitrogens is 1. The van der Waals surface area contributed by atoms with Crippen LogP contribution in [-0.2, 0) is 6.54 Å². The van der Waals surface area contributed by atoms with E-state index in [-0.39, 0.29) is 5.69 Å². The average molecular weight is 316 g/mol. The van der Waals surface area contributed by atoms with Crippen LogP contribution >= 0.6 is 11.3 Å². The van der Waals surface area contributed by atoms with Crippen LogP contribution in [0.4, 0.5) is 0 Å². The maximum atomic E-state index is 10.8. The Hall–Kier alpha value is -1.72. The van der Waals surface area contributed by atoms with Crippen LogP contribution < -0.4 is 10.0 Å². The first-order valence-electron chi connectivity index (χ1n) is 7.82. The van der Waals surface area contributed by atoms with E-state index in [0.717, 1.165) is 17.1 Å². The monoisotopic (exact) mass is 316 g/mol. The number of carboxylic acid groups (broad SMARTS) is 1. The second-order valence-corrected chi connectivity index (χ2v) is 6.72. The normalized spacial score (nSPS) is 16.4. The summed E-state index contributed by atoms with van der Waals surface area (Å²) in [5.41, 5.74) is 2.30. The van der Waals surface area contributed by atoms with Gasteiger partial charge >= 0.3 is 0 Å². The number of benzene rings is 1. The SMILES string of the molecule is O=C([O-])c1csc(-c2cccc(C[NH+]3CCCCCC3)c2)n1. The second kappa shape index (κ2) is 7.03. The van der Waals surface area contributed by atoms with E-state index in [2.05, 4.69) is 17.1 Å². The van der Waals surface area contributed by atoms with Gasteiger partial charge in [-0.15, -0.1) is 11.3 Å². The number of nitrogens with zero attached hydrogens (tertiary/aromatic N) is 1. The van der Waals surface area contributed by atoms with Crippen LogP contribution in [0.1, 0.15) is 41.7 Å². The van der Waals surface area contributed by atoms with Gasteiger partial charge in [-0.3, -0.25) is 0 Å². The number of aromatic nitrogens is 1.